The molecule has 1 aliphatic rings. The lowest BCUT2D eigenvalue weighted by Gasteiger charge is -2.20. The highest BCUT2D eigenvalue weighted by Crippen LogP contribution is 2.33. The van der Waals surface area contributed by atoms with E-state index in [1.807, 2.05) is 13.8 Å². The van der Waals surface area contributed by atoms with Crippen LogP contribution in [0.1, 0.15) is 62.2 Å². The van der Waals surface area contributed by atoms with Crippen molar-refractivity contribution in [2.45, 2.75) is 65.1 Å². The number of methoxy groups -OCH3 is 1. The SMILES string of the molecule is CO[C@@H]1C[C@@H](c2nc(C)c(C)[nH]2)N(Cc2noc(C(C)(C)C)n2)C1. The number of nitrogens with one attached hydrogen (secondary N) is 1. The van der Waals surface area contributed by atoms with E-state index in [0.717, 1.165) is 30.2 Å². The minimum atomic E-state index is -0.139. The van der Waals surface area contributed by atoms with Crippen molar-refractivity contribution in [2.75, 3.05) is 13.7 Å². The molecule has 1 N–H and O–H groups in total. The van der Waals surface area contributed by atoms with Crippen molar-refractivity contribution in [2.24, 2.45) is 0 Å². The van der Waals surface area contributed by atoms with Gasteiger partial charge in [-0.1, -0.05) is 25.9 Å². The molecule has 1 saturated heterocycles. The second kappa shape index (κ2) is 6.29. The molecule has 3 rings (SSSR count). The molecule has 1 fully saturated rings. The first-order valence-electron chi connectivity index (χ1n) is 8.41. The smallest absolute Gasteiger partial charge is 0.232 e. The Labute approximate surface area is 142 Å². The number of H-pyrrole nitrogens is 1. The number of nitrogens with zero attached hydrogens (tertiary/aromatic N) is 4. The third-order valence-corrected chi connectivity index (χ3v) is 4.61. The van der Waals surface area contributed by atoms with Crippen molar-refractivity contribution >= 4 is 0 Å². The largest absolute Gasteiger partial charge is 0.380 e. The Morgan fingerprint density at radius 3 is 2.58 bits per heavy atom. The highest BCUT2D eigenvalue weighted by Gasteiger charge is 2.36. The Hall–Kier alpha value is -1.73. The molecular weight excluding hydrogens is 306 g/mol. The Morgan fingerprint density at radius 2 is 2.04 bits per heavy atom. The average Bonchev–Trinajstić information content (AvgIpc) is 3.19. The van der Waals surface area contributed by atoms with Crippen LogP contribution < -0.4 is 0 Å². The van der Waals surface area contributed by atoms with Gasteiger partial charge >= 0.3 is 0 Å². The van der Waals surface area contributed by atoms with Gasteiger partial charge in [0, 0.05) is 24.8 Å². The van der Waals surface area contributed by atoms with Gasteiger partial charge in [-0.3, -0.25) is 4.90 Å². The fourth-order valence-electron chi connectivity index (χ4n) is 3.03. The number of hydrogen-bond acceptors (Lipinski definition) is 6. The first kappa shape index (κ1) is 17.1. The predicted molar refractivity (Wildman–Crippen MR) is 89.6 cm³/mol. The first-order chi connectivity index (χ1) is 11.3. The van der Waals surface area contributed by atoms with Crippen LogP contribution in [-0.4, -0.2) is 44.8 Å². The van der Waals surface area contributed by atoms with Gasteiger partial charge in [-0.05, 0) is 20.3 Å². The van der Waals surface area contributed by atoms with E-state index in [2.05, 4.69) is 45.8 Å². The van der Waals surface area contributed by atoms with Crippen LogP contribution in [0.2, 0.25) is 0 Å². The second-order valence-electron chi connectivity index (χ2n) is 7.64. The van der Waals surface area contributed by atoms with Crippen molar-refractivity contribution in [3.63, 3.8) is 0 Å². The summed E-state index contributed by atoms with van der Waals surface area (Å²) in [6.45, 7) is 11.7. The quantitative estimate of drug-likeness (QED) is 0.926. The molecule has 0 unspecified atom stereocenters. The molecule has 132 valence electrons. The van der Waals surface area contributed by atoms with Gasteiger partial charge < -0.3 is 14.2 Å². The fraction of sp³-hybridized carbons (Fsp3) is 0.706. The third-order valence-electron chi connectivity index (χ3n) is 4.61. The number of rotatable bonds is 4. The number of hydrogen-bond donors (Lipinski definition) is 1. The van der Waals surface area contributed by atoms with Gasteiger partial charge in [0.2, 0.25) is 5.89 Å². The van der Waals surface area contributed by atoms with Gasteiger partial charge in [0.05, 0.1) is 24.4 Å². The number of imidazole rings is 1. The first-order valence-corrected chi connectivity index (χ1v) is 8.41. The zero-order valence-electron chi connectivity index (χ0n) is 15.4. The van der Waals surface area contributed by atoms with E-state index >= 15 is 0 Å². The van der Waals surface area contributed by atoms with Crippen LogP contribution in [0.25, 0.3) is 0 Å². The maximum Gasteiger partial charge on any atom is 0.232 e. The average molecular weight is 333 g/mol. The third kappa shape index (κ3) is 3.37. The standard InChI is InChI=1S/C17H27N5O2/c1-10-11(2)19-15(18-10)13-7-12(23-6)8-22(13)9-14-20-16(24-21-14)17(3,4)5/h12-13H,7-9H2,1-6H3,(H,18,19)/t12-,13+/m1/s1. The summed E-state index contributed by atoms with van der Waals surface area (Å²) in [6, 6.07) is 0.180. The topological polar surface area (TPSA) is 80.1 Å². The zero-order valence-corrected chi connectivity index (χ0v) is 15.4. The molecule has 3 heterocycles. The van der Waals surface area contributed by atoms with Crippen LogP contribution in [-0.2, 0) is 16.7 Å². The molecule has 7 heteroatoms. The van der Waals surface area contributed by atoms with Crippen molar-refractivity contribution < 1.29 is 9.26 Å². The molecule has 0 amide bonds. The summed E-state index contributed by atoms with van der Waals surface area (Å²) in [7, 11) is 1.76. The highest BCUT2D eigenvalue weighted by atomic mass is 16.5. The van der Waals surface area contributed by atoms with Crippen LogP contribution >= 0.6 is 0 Å². The number of ether oxygens (including phenoxy) is 1. The Morgan fingerprint density at radius 1 is 1.29 bits per heavy atom. The number of likely N-dealkylation sites (tertiary alicyclic amines) is 1. The lowest BCUT2D eigenvalue weighted by atomic mass is 9.97. The molecule has 0 spiro atoms. The minimum absolute atomic E-state index is 0.139. The Balaban J connectivity index is 1.80. The van der Waals surface area contributed by atoms with E-state index in [9.17, 15) is 0 Å². The van der Waals surface area contributed by atoms with Crippen LogP contribution in [0.3, 0.4) is 0 Å². The van der Waals surface area contributed by atoms with Gasteiger partial charge in [0.15, 0.2) is 5.82 Å². The number of aromatic amines is 1. The van der Waals surface area contributed by atoms with Gasteiger partial charge in [0.1, 0.15) is 5.82 Å². The molecule has 0 radical (unpaired) electrons. The molecule has 0 aliphatic carbocycles. The van der Waals surface area contributed by atoms with E-state index in [1.165, 1.54) is 0 Å². The Bertz CT molecular complexity index is 681. The van der Waals surface area contributed by atoms with E-state index < -0.39 is 0 Å². The summed E-state index contributed by atoms with van der Waals surface area (Å²) in [4.78, 5) is 14.9. The lowest BCUT2D eigenvalue weighted by Crippen LogP contribution is -2.26. The van der Waals surface area contributed by atoms with Crippen LogP contribution in [0.15, 0.2) is 4.52 Å². The van der Waals surface area contributed by atoms with Crippen molar-refractivity contribution in [3.8, 4) is 0 Å². The molecule has 2 atom stereocenters. The molecule has 2 aromatic rings. The molecule has 7 nitrogen and oxygen atoms in total. The molecule has 1 aliphatic heterocycles. The normalized spacial score (nSPS) is 22.4. The molecule has 24 heavy (non-hydrogen) atoms. The Kier molecular flexibility index (Phi) is 4.48. The highest BCUT2D eigenvalue weighted by molar-refractivity contribution is 5.14. The number of aryl methyl sites for hydroxylation is 2. The monoisotopic (exact) mass is 333 g/mol. The van der Waals surface area contributed by atoms with Gasteiger partial charge in [-0.25, -0.2) is 4.98 Å². The van der Waals surface area contributed by atoms with Crippen molar-refractivity contribution in [1.29, 1.82) is 0 Å². The maximum atomic E-state index is 5.58. The maximum absolute atomic E-state index is 5.58. The van der Waals surface area contributed by atoms with Crippen LogP contribution in [0.4, 0.5) is 0 Å². The summed E-state index contributed by atoms with van der Waals surface area (Å²) in [5.74, 6) is 2.37. The second-order valence-corrected chi connectivity index (χ2v) is 7.64. The van der Waals surface area contributed by atoms with Gasteiger partial charge in [-0.15, -0.1) is 0 Å². The summed E-state index contributed by atoms with van der Waals surface area (Å²) in [5, 5.41) is 4.15. The van der Waals surface area contributed by atoms with Crippen molar-refractivity contribution in [3.05, 3.63) is 28.9 Å². The van der Waals surface area contributed by atoms with E-state index in [4.69, 9.17) is 9.26 Å². The lowest BCUT2D eigenvalue weighted by molar-refractivity contribution is 0.106. The predicted octanol–water partition coefficient (Wildman–Crippen LogP) is 2.67. The molecule has 0 saturated carbocycles. The van der Waals surface area contributed by atoms with E-state index in [1.54, 1.807) is 7.11 Å². The van der Waals surface area contributed by atoms with Crippen molar-refractivity contribution in [1.82, 2.24) is 25.0 Å². The molecule has 2 aromatic heterocycles. The van der Waals surface area contributed by atoms with Crippen LogP contribution in [0, 0.1) is 13.8 Å². The summed E-state index contributed by atoms with van der Waals surface area (Å²) < 4.78 is 11.0. The molecule has 0 aromatic carbocycles. The number of aromatic nitrogens is 4. The summed E-state index contributed by atoms with van der Waals surface area (Å²) in [5.41, 5.74) is 2.01. The zero-order chi connectivity index (χ0) is 17.5. The van der Waals surface area contributed by atoms with Gasteiger partial charge in [-0.2, -0.15) is 4.98 Å². The van der Waals surface area contributed by atoms with E-state index in [-0.39, 0.29) is 17.6 Å². The fourth-order valence-corrected chi connectivity index (χ4v) is 3.03. The van der Waals surface area contributed by atoms with Gasteiger partial charge in [0.25, 0.3) is 0 Å². The minimum Gasteiger partial charge on any atom is -0.380 e. The van der Waals surface area contributed by atoms with E-state index in [0.29, 0.717) is 18.3 Å². The molecular formula is C17H27N5O2. The van der Waals surface area contributed by atoms with Crippen LogP contribution in [0.5, 0.6) is 0 Å². The summed E-state index contributed by atoms with van der Waals surface area (Å²) >= 11 is 0. The summed E-state index contributed by atoms with van der Waals surface area (Å²) in [6.07, 6.45) is 1.10. The molecule has 0 bridgehead atoms.